The van der Waals surface area contributed by atoms with E-state index < -0.39 is 16.5 Å². The number of nitro benzene ring substituents is 1. The molecule has 114 valence electrons. The van der Waals surface area contributed by atoms with Crippen LogP contribution >= 0.6 is 0 Å². The summed E-state index contributed by atoms with van der Waals surface area (Å²) >= 11 is 0. The van der Waals surface area contributed by atoms with Crippen LogP contribution in [0.15, 0.2) is 54.6 Å². The molecule has 0 aliphatic carbocycles. The number of benzene rings is 2. The third-order valence-corrected chi connectivity index (χ3v) is 3.26. The molecule has 0 amide bonds. The van der Waals surface area contributed by atoms with Crippen LogP contribution in [0.1, 0.15) is 18.1 Å². The first-order valence-corrected chi connectivity index (χ1v) is 6.70. The highest BCUT2D eigenvalue weighted by atomic mass is 16.6. The number of carbonyl (C=O) groups excluding carboxylic acids is 1. The summed E-state index contributed by atoms with van der Waals surface area (Å²) in [6.45, 7) is 1.75. The maximum atomic E-state index is 12.3. The van der Waals surface area contributed by atoms with Crippen molar-refractivity contribution in [1.29, 1.82) is 0 Å². The van der Waals surface area contributed by atoms with Gasteiger partial charge in [0.1, 0.15) is 0 Å². The van der Waals surface area contributed by atoms with Gasteiger partial charge in [-0.25, -0.2) is 4.79 Å². The highest BCUT2D eigenvalue weighted by Crippen LogP contribution is 2.32. The molecule has 1 atom stereocenters. The Balaban J connectivity index is 2.53. The van der Waals surface area contributed by atoms with Crippen LogP contribution in [-0.4, -0.2) is 22.6 Å². The average Bonchev–Trinajstić information content (AvgIpc) is 2.55. The monoisotopic (exact) mass is 301 g/mol. The first-order valence-electron chi connectivity index (χ1n) is 6.70. The minimum atomic E-state index is -2.01. The second kappa shape index (κ2) is 6.36. The summed E-state index contributed by atoms with van der Waals surface area (Å²) in [7, 11) is 0. The predicted octanol–water partition coefficient (Wildman–Crippen LogP) is 2.39. The van der Waals surface area contributed by atoms with Crippen LogP contribution in [0.5, 0.6) is 0 Å². The molecule has 0 heterocycles. The van der Waals surface area contributed by atoms with Crippen LogP contribution in [0.2, 0.25) is 0 Å². The van der Waals surface area contributed by atoms with Gasteiger partial charge in [-0.1, -0.05) is 30.3 Å². The summed E-state index contributed by atoms with van der Waals surface area (Å²) in [5, 5.41) is 21.7. The molecule has 0 bridgehead atoms. The fourth-order valence-corrected chi connectivity index (χ4v) is 2.14. The van der Waals surface area contributed by atoms with Crippen LogP contribution < -0.4 is 0 Å². The van der Waals surface area contributed by atoms with Crippen LogP contribution in [0, 0.1) is 10.1 Å². The Morgan fingerprint density at radius 3 is 2.18 bits per heavy atom. The summed E-state index contributed by atoms with van der Waals surface area (Å²) in [5.41, 5.74) is -1.58. The third-order valence-electron chi connectivity index (χ3n) is 3.26. The molecule has 0 radical (unpaired) electrons. The molecule has 0 aliphatic heterocycles. The SMILES string of the molecule is CCOC(=O)[C@@](O)(c1ccccc1)c1ccc([N+](=O)[O-])cc1. The maximum absolute atomic E-state index is 12.3. The lowest BCUT2D eigenvalue weighted by atomic mass is 9.86. The Morgan fingerprint density at radius 2 is 1.68 bits per heavy atom. The molecule has 0 spiro atoms. The average molecular weight is 301 g/mol. The van der Waals surface area contributed by atoms with Crippen molar-refractivity contribution in [2.24, 2.45) is 0 Å². The van der Waals surface area contributed by atoms with Crippen LogP contribution in [-0.2, 0) is 15.1 Å². The van der Waals surface area contributed by atoms with Gasteiger partial charge in [0.2, 0.25) is 5.60 Å². The Hall–Kier alpha value is -2.73. The minimum Gasteiger partial charge on any atom is -0.463 e. The van der Waals surface area contributed by atoms with Gasteiger partial charge in [0.25, 0.3) is 5.69 Å². The standard InChI is InChI=1S/C16H15NO5/c1-2-22-15(18)16(19,12-6-4-3-5-7-12)13-8-10-14(11-9-13)17(20)21/h3-11,19H,2H2,1H3/t16-/m1/s1. The fraction of sp³-hybridized carbons (Fsp3) is 0.188. The number of carbonyl (C=O) groups is 1. The summed E-state index contributed by atoms with van der Waals surface area (Å²) in [5.74, 6) is -0.824. The van der Waals surface area contributed by atoms with E-state index in [0.717, 1.165) is 0 Å². The van der Waals surface area contributed by atoms with E-state index in [0.29, 0.717) is 5.56 Å². The summed E-state index contributed by atoms with van der Waals surface area (Å²) in [6, 6.07) is 13.5. The molecule has 2 aromatic carbocycles. The largest absolute Gasteiger partial charge is 0.463 e. The van der Waals surface area contributed by atoms with E-state index >= 15 is 0 Å². The van der Waals surface area contributed by atoms with Gasteiger partial charge in [-0.15, -0.1) is 0 Å². The van der Waals surface area contributed by atoms with E-state index in [4.69, 9.17) is 4.74 Å². The van der Waals surface area contributed by atoms with Crippen molar-refractivity contribution < 1.29 is 19.6 Å². The van der Waals surface area contributed by atoms with E-state index in [1.165, 1.54) is 24.3 Å². The van der Waals surface area contributed by atoms with E-state index in [-0.39, 0.29) is 17.9 Å². The third kappa shape index (κ3) is 2.82. The van der Waals surface area contributed by atoms with Gasteiger partial charge in [0.15, 0.2) is 0 Å². The zero-order chi connectivity index (χ0) is 16.2. The molecular weight excluding hydrogens is 286 g/mol. The Morgan fingerprint density at radius 1 is 1.14 bits per heavy atom. The van der Waals surface area contributed by atoms with Crippen molar-refractivity contribution >= 4 is 11.7 Å². The van der Waals surface area contributed by atoms with Crippen molar-refractivity contribution in [3.05, 3.63) is 75.8 Å². The molecular formula is C16H15NO5. The zero-order valence-electron chi connectivity index (χ0n) is 11.9. The smallest absolute Gasteiger partial charge is 0.347 e. The van der Waals surface area contributed by atoms with Gasteiger partial charge >= 0.3 is 5.97 Å². The van der Waals surface area contributed by atoms with E-state index in [2.05, 4.69) is 0 Å². The number of non-ortho nitro benzene ring substituents is 1. The first-order chi connectivity index (χ1) is 10.5. The molecule has 6 heteroatoms. The number of esters is 1. The van der Waals surface area contributed by atoms with Crippen molar-refractivity contribution in [2.45, 2.75) is 12.5 Å². The minimum absolute atomic E-state index is 0.112. The molecule has 6 nitrogen and oxygen atoms in total. The number of hydrogen-bond acceptors (Lipinski definition) is 5. The quantitative estimate of drug-likeness (QED) is 0.520. The molecule has 22 heavy (non-hydrogen) atoms. The number of nitrogens with zero attached hydrogens (tertiary/aromatic N) is 1. The van der Waals surface area contributed by atoms with Gasteiger partial charge in [0.05, 0.1) is 11.5 Å². The van der Waals surface area contributed by atoms with Crippen molar-refractivity contribution in [3.63, 3.8) is 0 Å². The van der Waals surface area contributed by atoms with Crippen molar-refractivity contribution in [1.82, 2.24) is 0 Å². The van der Waals surface area contributed by atoms with E-state index in [1.807, 2.05) is 0 Å². The molecule has 0 saturated carbocycles. The van der Waals surface area contributed by atoms with Crippen LogP contribution in [0.25, 0.3) is 0 Å². The lowest BCUT2D eigenvalue weighted by molar-refractivity contribution is -0.384. The maximum Gasteiger partial charge on any atom is 0.347 e. The normalized spacial score (nSPS) is 13.2. The Kier molecular flexibility index (Phi) is 4.53. The lowest BCUT2D eigenvalue weighted by Gasteiger charge is -2.26. The molecule has 0 saturated heterocycles. The second-order valence-electron chi connectivity index (χ2n) is 4.60. The van der Waals surface area contributed by atoms with Gasteiger partial charge in [-0.3, -0.25) is 10.1 Å². The number of hydrogen-bond donors (Lipinski definition) is 1. The predicted molar refractivity (Wildman–Crippen MR) is 79.2 cm³/mol. The van der Waals surface area contributed by atoms with Gasteiger partial charge < -0.3 is 9.84 Å². The van der Waals surface area contributed by atoms with E-state index in [1.54, 1.807) is 37.3 Å². The number of nitro groups is 1. The van der Waals surface area contributed by atoms with Crippen molar-refractivity contribution in [2.75, 3.05) is 6.61 Å². The molecule has 0 aromatic heterocycles. The highest BCUT2D eigenvalue weighted by Gasteiger charge is 2.41. The van der Waals surface area contributed by atoms with Gasteiger partial charge in [-0.2, -0.15) is 0 Å². The highest BCUT2D eigenvalue weighted by molar-refractivity contribution is 5.85. The number of aliphatic hydroxyl groups is 1. The summed E-state index contributed by atoms with van der Waals surface area (Å²) in [4.78, 5) is 22.5. The molecule has 0 fully saturated rings. The van der Waals surface area contributed by atoms with Crippen molar-refractivity contribution in [3.8, 4) is 0 Å². The topological polar surface area (TPSA) is 89.7 Å². The second-order valence-corrected chi connectivity index (χ2v) is 4.60. The van der Waals surface area contributed by atoms with Gasteiger partial charge in [-0.05, 0) is 30.2 Å². The molecule has 2 rings (SSSR count). The summed E-state index contributed by atoms with van der Waals surface area (Å²) in [6.07, 6.45) is 0. The fourth-order valence-electron chi connectivity index (χ4n) is 2.14. The Labute approximate surface area is 127 Å². The van der Waals surface area contributed by atoms with Crippen LogP contribution in [0.3, 0.4) is 0 Å². The number of ether oxygens (including phenoxy) is 1. The lowest BCUT2D eigenvalue weighted by Crippen LogP contribution is -2.38. The molecule has 0 unspecified atom stereocenters. The molecule has 1 N–H and O–H groups in total. The zero-order valence-corrected chi connectivity index (χ0v) is 11.9. The van der Waals surface area contributed by atoms with Gasteiger partial charge in [0, 0.05) is 12.1 Å². The number of rotatable bonds is 5. The Bertz CT molecular complexity index is 669. The van der Waals surface area contributed by atoms with Crippen LogP contribution in [0.4, 0.5) is 5.69 Å². The molecule has 2 aromatic rings. The first kappa shape index (κ1) is 15.7. The summed E-state index contributed by atoms with van der Waals surface area (Å²) < 4.78 is 4.97. The molecule has 0 aliphatic rings. The van der Waals surface area contributed by atoms with E-state index in [9.17, 15) is 20.0 Å².